The molecule has 1 aromatic heterocycles. The van der Waals surface area contributed by atoms with Crippen molar-refractivity contribution in [3.05, 3.63) is 23.9 Å². The fourth-order valence-corrected chi connectivity index (χ4v) is 1.37. The van der Waals surface area contributed by atoms with Crippen molar-refractivity contribution in [3.8, 4) is 5.88 Å². The van der Waals surface area contributed by atoms with Gasteiger partial charge in [0.1, 0.15) is 0 Å². The molecule has 1 aliphatic heterocycles. The minimum Gasteiger partial charge on any atom is -0.481 e. The SMILES string of the molecule is COc1ccc(C2CN=C(N)N2)cn1. The second kappa shape index (κ2) is 3.53. The Morgan fingerprint density at radius 3 is 2.93 bits per heavy atom. The summed E-state index contributed by atoms with van der Waals surface area (Å²) in [5.74, 6) is 1.10. The van der Waals surface area contributed by atoms with Crippen LogP contribution in [0.25, 0.3) is 0 Å². The number of nitrogens with one attached hydrogen (secondary N) is 1. The summed E-state index contributed by atoms with van der Waals surface area (Å²) in [6.07, 6.45) is 1.77. The van der Waals surface area contributed by atoms with Crippen LogP contribution >= 0.6 is 0 Å². The first-order valence-corrected chi connectivity index (χ1v) is 4.36. The minimum atomic E-state index is 0.147. The number of pyridine rings is 1. The van der Waals surface area contributed by atoms with Gasteiger partial charge in [0.15, 0.2) is 5.96 Å². The second-order valence-electron chi connectivity index (χ2n) is 3.06. The van der Waals surface area contributed by atoms with Crippen LogP contribution in [0.4, 0.5) is 0 Å². The molecule has 0 amide bonds. The third-order valence-corrected chi connectivity index (χ3v) is 2.14. The molecule has 1 aromatic rings. The average molecular weight is 192 g/mol. The van der Waals surface area contributed by atoms with Gasteiger partial charge in [-0.3, -0.25) is 4.99 Å². The Kier molecular flexibility index (Phi) is 2.22. The van der Waals surface area contributed by atoms with Crippen molar-refractivity contribution in [2.75, 3.05) is 13.7 Å². The van der Waals surface area contributed by atoms with Crippen LogP contribution in [0.5, 0.6) is 5.88 Å². The van der Waals surface area contributed by atoms with Crippen molar-refractivity contribution in [1.29, 1.82) is 0 Å². The molecule has 0 fully saturated rings. The lowest BCUT2D eigenvalue weighted by molar-refractivity contribution is 0.397. The molecule has 0 radical (unpaired) electrons. The maximum atomic E-state index is 5.51. The summed E-state index contributed by atoms with van der Waals surface area (Å²) in [6, 6.07) is 3.93. The van der Waals surface area contributed by atoms with Gasteiger partial charge in [-0.2, -0.15) is 0 Å². The Bertz CT molecular complexity index is 346. The standard InChI is InChI=1S/C9H12N4O/c1-14-8-3-2-6(4-11-8)7-5-12-9(10)13-7/h2-4,7H,5H2,1H3,(H3,10,12,13). The molecule has 0 saturated carbocycles. The van der Waals surface area contributed by atoms with Crippen LogP contribution < -0.4 is 15.8 Å². The van der Waals surface area contributed by atoms with Crippen LogP contribution in [0.1, 0.15) is 11.6 Å². The van der Waals surface area contributed by atoms with Crippen molar-refractivity contribution in [3.63, 3.8) is 0 Å². The summed E-state index contributed by atoms with van der Waals surface area (Å²) in [5.41, 5.74) is 6.58. The van der Waals surface area contributed by atoms with Crippen LogP contribution in [0.15, 0.2) is 23.3 Å². The number of guanidine groups is 1. The first-order valence-electron chi connectivity index (χ1n) is 4.36. The number of nitrogens with two attached hydrogens (primary N) is 1. The van der Waals surface area contributed by atoms with Crippen molar-refractivity contribution in [1.82, 2.24) is 10.3 Å². The fourth-order valence-electron chi connectivity index (χ4n) is 1.37. The van der Waals surface area contributed by atoms with E-state index in [1.165, 1.54) is 0 Å². The van der Waals surface area contributed by atoms with E-state index in [1.807, 2.05) is 12.1 Å². The monoisotopic (exact) mass is 192 g/mol. The van der Waals surface area contributed by atoms with E-state index in [1.54, 1.807) is 13.3 Å². The Morgan fingerprint density at radius 1 is 1.57 bits per heavy atom. The molecule has 5 nitrogen and oxygen atoms in total. The van der Waals surface area contributed by atoms with E-state index in [4.69, 9.17) is 10.5 Å². The highest BCUT2D eigenvalue weighted by Gasteiger charge is 2.17. The molecule has 1 atom stereocenters. The van der Waals surface area contributed by atoms with Crippen molar-refractivity contribution in [2.24, 2.45) is 10.7 Å². The minimum absolute atomic E-state index is 0.147. The number of rotatable bonds is 2. The largest absolute Gasteiger partial charge is 0.481 e. The lowest BCUT2D eigenvalue weighted by Crippen LogP contribution is -2.29. The Morgan fingerprint density at radius 2 is 2.43 bits per heavy atom. The summed E-state index contributed by atoms with van der Waals surface area (Å²) in [5, 5.41) is 3.05. The number of hydrogen-bond donors (Lipinski definition) is 2. The molecule has 0 bridgehead atoms. The van der Waals surface area contributed by atoms with E-state index in [0.29, 0.717) is 18.4 Å². The number of aromatic nitrogens is 1. The van der Waals surface area contributed by atoms with Gasteiger partial charge in [0.25, 0.3) is 0 Å². The highest BCUT2D eigenvalue weighted by Crippen LogP contribution is 2.17. The van der Waals surface area contributed by atoms with Gasteiger partial charge in [0.2, 0.25) is 5.88 Å². The highest BCUT2D eigenvalue weighted by atomic mass is 16.5. The molecule has 0 aromatic carbocycles. The Balaban J connectivity index is 2.11. The predicted molar refractivity (Wildman–Crippen MR) is 53.2 cm³/mol. The summed E-state index contributed by atoms with van der Waals surface area (Å²) in [4.78, 5) is 8.17. The molecule has 3 N–H and O–H groups in total. The quantitative estimate of drug-likeness (QED) is 0.694. The van der Waals surface area contributed by atoms with Gasteiger partial charge < -0.3 is 15.8 Å². The van der Waals surface area contributed by atoms with Crippen LogP contribution in [-0.2, 0) is 0 Å². The molecule has 0 saturated heterocycles. The van der Waals surface area contributed by atoms with Crippen molar-refractivity contribution in [2.45, 2.75) is 6.04 Å². The van der Waals surface area contributed by atoms with Gasteiger partial charge >= 0.3 is 0 Å². The van der Waals surface area contributed by atoms with Gasteiger partial charge in [-0.15, -0.1) is 0 Å². The number of nitrogens with zero attached hydrogens (tertiary/aromatic N) is 2. The van der Waals surface area contributed by atoms with Crippen LogP contribution in [0, 0.1) is 0 Å². The maximum Gasteiger partial charge on any atom is 0.212 e. The van der Waals surface area contributed by atoms with Crippen molar-refractivity contribution < 1.29 is 4.74 Å². The van der Waals surface area contributed by atoms with E-state index in [-0.39, 0.29) is 6.04 Å². The zero-order valence-electron chi connectivity index (χ0n) is 7.90. The van der Waals surface area contributed by atoms with Gasteiger partial charge in [-0.05, 0) is 11.6 Å². The van der Waals surface area contributed by atoms with Gasteiger partial charge in [-0.1, -0.05) is 0 Å². The third-order valence-electron chi connectivity index (χ3n) is 2.14. The normalized spacial score (nSPS) is 20.1. The number of hydrogen-bond acceptors (Lipinski definition) is 5. The molecule has 1 unspecified atom stereocenters. The molecule has 2 heterocycles. The van der Waals surface area contributed by atoms with Crippen LogP contribution in [0.3, 0.4) is 0 Å². The smallest absolute Gasteiger partial charge is 0.212 e. The lowest BCUT2D eigenvalue weighted by atomic mass is 10.1. The van der Waals surface area contributed by atoms with E-state index < -0.39 is 0 Å². The molecular weight excluding hydrogens is 180 g/mol. The third kappa shape index (κ3) is 1.61. The average Bonchev–Trinajstić information content (AvgIpc) is 2.65. The summed E-state index contributed by atoms with van der Waals surface area (Å²) >= 11 is 0. The van der Waals surface area contributed by atoms with Gasteiger partial charge in [0, 0.05) is 12.3 Å². The molecule has 1 aliphatic rings. The molecule has 5 heteroatoms. The van der Waals surface area contributed by atoms with Gasteiger partial charge in [0.05, 0.1) is 19.7 Å². The number of aliphatic imine (C=N–C) groups is 1. The molecular formula is C9H12N4O. The first-order chi connectivity index (χ1) is 6.79. The first kappa shape index (κ1) is 8.80. The van der Waals surface area contributed by atoms with Gasteiger partial charge in [-0.25, -0.2) is 4.98 Å². The summed E-state index contributed by atoms with van der Waals surface area (Å²) < 4.78 is 4.97. The molecule has 14 heavy (non-hydrogen) atoms. The molecule has 0 aliphatic carbocycles. The van der Waals surface area contributed by atoms with E-state index in [2.05, 4.69) is 15.3 Å². The molecule has 74 valence electrons. The van der Waals surface area contributed by atoms with E-state index in [0.717, 1.165) is 5.56 Å². The summed E-state index contributed by atoms with van der Waals surface area (Å²) in [6.45, 7) is 0.667. The number of methoxy groups -OCH3 is 1. The Hall–Kier alpha value is -1.78. The second-order valence-corrected chi connectivity index (χ2v) is 3.06. The fraction of sp³-hybridized carbons (Fsp3) is 0.333. The predicted octanol–water partition coefficient (Wildman–Crippen LogP) is 0.0492. The summed E-state index contributed by atoms with van der Waals surface area (Å²) in [7, 11) is 1.59. The zero-order chi connectivity index (χ0) is 9.97. The highest BCUT2D eigenvalue weighted by molar-refractivity contribution is 5.80. The van der Waals surface area contributed by atoms with E-state index >= 15 is 0 Å². The van der Waals surface area contributed by atoms with E-state index in [9.17, 15) is 0 Å². The van der Waals surface area contributed by atoms with Crippen molar-refractivity contribution >= 4 is 5.96 Å². The maximum absolute atomic E-state index is 5.51. The lowest BCUT2D eigenvalue weighted by Gasteiger charge is -2.10. The zero-order valence-corrected chi connectivity index (χ0v) is 7.90. The molecule has 2 rings (SSSR count). The topological polar surface area (TPSA) is 72.5 Å². The van der Waals surface area contributed by atoms with Crippen LogP contribution in [0.2, 0.25) is 0 Å². The Labute approximate surface area is 82.0 Å². The number of ether oxygens (including phenoxy) is 1. The molecule has 0 spiro atoms. The van der Waals surface area contributed by atoms with Crippen LogP contribution in [-0.4, -0.2) is 24.6 Å².